The minimum atomic E-state index is -0.371. The highest BCUT2D eigenvalue weighted by atomic mass is 35.5. The molecular weight excluding hydrogens is 447 g/mol. The van der Waals surface area contributed by atoms with Crippen LogP contribution in [0.4, 0.5) is 0 Å². The number of hydrogen-bond donors (Lipinski definition) is 1. The van der Waals surface area contributed by atoms with Gasteiger partial charge in [-0.15, -0.1) is 0 Å². The maximum atomic E-state index is 13.3. The number of imidazole rings is 1. The van der Waals surface area contributed by atoms with E-state index in [1.807, 2.05) is 48.1 Å². The van der Waals surface area contributed by atoms with Crippen molar-refractivity contribution in [2.45, 2.75) is 18.9 Å². The number of halogens is 2. The topological polar surface area (TPSA) is 67.2 Å². The van der Waals surface area contributed by atoms with Crippen molar-refractivity contribution in [3.8, 4) is 0 Å². The van der Waals surface area contributed by atoms with E-state index in [9.17, 15) is 9.59 Å². The Labute approximate surface area is 197 Å². The summed E-state index contributed by atoms with van der Waals surface area (Å²) in [5.74, 6) is 0.212. The van der Waals surface area contributed by atoms with Crippen molar-refractivity contribution in [2.75, 3.05) is 13.1 Å². The molecule has 3 aromatic rings. The summed E-state index contributed by atoms with van der Waals surface area (Å²) in [6, 6.07) is 14.2. The highest BCUT2D eigenvalue weighted by molar-refractivity contribution is 6.42. The minimum absolute atomic E-state index is 0.0894. The summed E-state index contributed by atoms with van der Waals surface area (Å²) in [5, 5.41) is 3.90. The van der Waals surface area contributed by atoms with Gasteiger partial charge in [0.15, 0.2) is 0 Å². The van der Waals surface area contributed by atoms with E-state index in [0.717, 1.165) is 24.2 Å². The van der Waals surface area contributed by atoms with E-state index >= 15 is 0 Å². The smallest absolute Gasteiger partial charge is 0.253 e. The maximum Gasteiger partial charge on any atom is 0.253 e. The zero-order valence-corrected chi connectivity index (χ0v) is 19.2. The first-order valence-electron chi connectivity index (χ1n) is 10.5. The minimum Gasteiger partial charge on any atom is -0.342 e. The second kappa shape index (κ2) is 9.76. The lowest BCUT2D eigenvalue weighted by molar-refractivity contribution is -0.126. The van der Waals surface area contributed by atoms with Crippen LogP contribution in [0.25, 0.3) is 0 Å². The first-order valence-corrected chi connectivity index (χ1v) is 11.3. The summed E-state index contributed by atoms with van der Waals surface area (Å²) in [5.41, 5.74) is 1.42. The van der Waals surface area contributed by atoms with Gasteiger partial charge in [0.2, 0.25) is 5.91 Å². The Bertz CT molecular complexity index is 1120. The maximum absolute atomic E-state index is 13.3. The molecule has 166 valence electrons. The first kappa shape index (κ1) is 22.4. The molecule has 0 spiro atoms. The molecule has 2 heterocycles. The van der Waals surface area contributed by atoms with Gasteiger partial charge in [-0.05, 0) is 36.6 Å². The number of piperidine rings is 1. The van der Waals surface area contributed by atoms with Crippen LogP contribution in [-0.2, 0) is 11.8 Å². The van der Waals surface area contributed by atoms with E-state index in [1.54, 1.807) is 29.3 Å². The number of likely N-dealkylation sites (tertiary alicyclic amines) is 1. The summed E-state index contributed by atoms with van der Waals surface area (Å²) in [6.07, 6.45) is 5.05. The van der Waals surface area contributed by atoms with Crippen molar-refractivity contribution in [2.24, 2.45) is 13.0 Å². The molecule has 2 aromatic carbocycles. The molecular formula is C24H24Cl2N4O2. The molecule has 2 atom stereocenters. The molecule has 1 aromatic heterocycles. The number of aromatic nitrogens is 2. The summed E-state index contributed by atoms with van der Waals surface area (Å²) >= 11 is 12.0. The molecule has 1 aliphatic rings. The first-order chi connectivity index (χ1) is 15.4. The largest absolute Gasteiger partial charge is 0.342 e. The van der Waals surface area contributed by atoms with Gasteiger partial charge in [-0.3, -0.25) is 9.59 Å². The summed E-state index contributed by atoms with van der Waals surface area (Å²) < 4.78 is 1.90. The zero-order valence-electron chi connectivity index (χ0n) is 17.7. The fourth-order valence-corrected chi connectivity index (χ4v) is 4.34. The van der Waals surface area contributed by atoms with Crippen LogP contribution in [0.2, 0.25) is 10.0 Å². The Kier molecular flexibility index (Phi) is 6.82. The number of hydrogen-bond acceptors (Lipinski definition) is 3. The third-order valence-electron chi connectivity index (χ3n) is 5.78. The average Bonchev–Trinajstić information content (AvgIpc) is 3.24. The lowest BCUT2D eigenvalue weighted by Crippen LogP contribution is -2.46. The fraction of sp³-hybridized carbons (Fsp3) is 0.292. The van der Waals surface area contributed by atoms with Gasteiger partial charge >= 0.3 is 0 Å². The van der Waals surface area contributed by atoms with Crippen LogP contribution in [0.5, 0.6) is 0 Å². The number of carbonyl (C=O) groups excluding carboxylic acids is 2. The van der Waals surface area contributed by atoms with Crippen LogP contribution in [0, 0.1) is 5.92 Å². The lowest BCUT2D eigenvalue weighted by atomic mass is 9.95. The van der Waals surface area contributed by atoms with E-state index in [0.29, 0.717) is 28.7 Å². The van der Waals surface area contributed by atoms with Gasteiger partial charge in [-0.2, -0.15) is 0 Å². The molecule has 0 saturated carbocycles. The molecule has 2 amide bonds. The van der Waals surface area contributed by atoms with Gasteiger partial charge in [-0.25, -0.2) is 4.98 Å². The van der Waals surface area contributed by atoms with Gasteiger partial charge < -0.3 is 14.8 Å². The van der Waals surface area contributed by atoms with Crippen LogP contribution in [0.3, 0.4) is 0 Å². The molecule has 1 fully saturated rings. The molecule has 32 heavy (non-hydrogen) atoms. The van der Waals surface area contributed by atoms with Gasteiger partial charge in [0.1, 0.15) is 11.9 Å². The van der Waals surface area contributed by atoms with Crippen LogP contribution in [0.1, 0.15) is 40.6 Å². The number of benzene rings is 2. The van der Waals surface area contributed by atoms with E-state index in [1.165, 1.54) is 0 Å². The molecule has 8 heteroatoms. The van der Waals surface area contributed by atoms with Gasteiger partial charge in [0.05, 0.1) is 16.0 Å². The standard InChI is InChI=1S/C24H24Cl2N4O2/c1-29-13-11-27-22(29)21(16-6-3-2-4-7-16)28-23(31)18-8-5-12-30(15-18)24(32)17-9-10-19(25)20(26)14-17/h2-4,6-7,9-11,13-14,18,21H,5,8,12,15H2,1H3,(H,28,31). The summed E-state index contributed by atoms with van der Waals surface area (Å²) in [7, 11) is 1.91. The Morgan fingerprint density at radius 1 is 1.12 bits per heavy atom. The van der Waals surface area contributed by atoms with E-state index < -0.39 is 0 Å². The molecule has 1 aliphatic heterocycles. The van der Waals surface area contributed by atoms with Crippen LogP contribution >= 0.6 is 23.2 Å². The van der Waals surface area contributed by atoms with Crippen molar-refractivity contribution in [1.29, 1.82) is 0 Å². The molecule has 2 unspecified atom stereocenters. The highest BCUT2D eigenvalue weighted by Crippen LogP contribution is 2.26. The summed E-state index contributed by atoms with van der Waals surface area (Å²) in [6.45, 7) is 0.956. The van der Waals surface area contributed by atoms with Gasteiger partial charge in [0.25, 0.3) is 5.91 Å². The third-order valence-corrected chi connectivity index (χ3v) is 6.52. The van der Waals surface area contributed by atoms with Crippen LogP contribution in [-0.4, -0.2) is 39.4 Å². The van der Waals surface area contributed by atoms with Crippen LogP contribution < -0.4 is 5.32 Å². The monoisotopic (exact) mass is 470 g/mol. The Morgan fingerprint density at radius 2 is 1.91 bits per heavy atom. The Hall–Kier alpha value is -2.83. The number of nitrogens with one attached hydrogen (secondary N) is 1. The van der Waals surface area contributed by atoms with Crippen molar-refractivity contribution in [3.63, 3.8) is 0 Å². The highest BCUT2D eigenvalue weighted by Gasteiger charge is 2.31. The molecule has 0 bridgehead atoms. The zero-order chi connectivity index (χ0) is 22.7. The Balaban J connectivity index is 1.50. The van der Waals surface area contributed by atoms with Crippen molar-refractivity contribution in [3.05, 3.63) is 87.9 Å². The molecule has 6 nitrogen and oxygen atoms in total. The number of rotatable bonds is 5. The second-order valence-electron chi connectivity index (χ2n) is 7.97. The normalized spacial score (nSPS) is 17.1. The SMILES string of the molecule is Cn1ccnc1C(NC(=O)C1CCCN(C(=O)c2ccc(Cl)c(Cl)c2)C1)c1ccccc1. The van der Waals surface area contributed by atoms with E-state index in [-0.39, 0.29) is 23.8 Å². The molecule has 0 aliphatic carbocycles. The Morgan fingerprint density at radius 3 is 2.59 bits per heavy atom. The number of aryl methyl sites for hydroxylation is 1. The van der Waals surface area contributed by atoms with Crippen molar-refractivity contribution >= 4 is 35.0 Å². The summed E-state index contributed by atoms with van der Waals surface area (Å²) in [4.78, 5) is 32.4. The van der Waals surface area contributed by atoms with E-state index in [4.69, 9.17) is 23.2 Å². The third kappa shape index (κ3) is 4.81. The molecule has 4 rings (SSSR count). The fourth-order valence-electron chi connectivity index (χ4n) is 4.05. The van der Waals surface area contributed by atoms with Gasteiger partial charge in [0, 0.05) is 38.1 Å². The lowest BCUT2D eigenvalue weighted by Gasteiger charge is -2.33. The van der Waals surface area contributed by atoms with Crippen molar-refractivity contribution in [1.82, 2.24) is 19.8 Å². The quantitative estimate of drug-likeness (QED) is 0.597. The average molecular weight is 471 g/mol. The predicted octanol–water partition coefficient (Wildman–Crippen LogP) is 4.48. The van der Waals surface area contributed by atoms with Gasteiger partial charge in [-0.1, -0.05) is 53.5 Å². The number of nitrogens with zero attached hydrogens (tertiary/aromatic N) is 3. The number of carbonyl (C=O) groups is 2. The molecule has 0 radical (unpaired) electrons. The predicted molar refractivity (Wildman–Crippen MR) is 125 cm³/mol. The van der Waals surface area contributed by atoms with Crippen LogP contribution in [0.15, 0.2) is 60.9 Å². The van der Waals surface area contributed by atoms with E-state index in [2.05, 4.69) is 10.3 Å². The molecule has 1 saturated heterocycles. The number of amides is 2. The molecule has 1 N–H and O–H groups in total. The van der Waals surface area contributed by atoms with Crippen molar-refractivity contribution < 1.29 is 9.59 Å². The second-order valence-corrected chi connectivity index (χ2v) is 8.78.